The first kappa shape index (κ1) is 22.6. The van der Waals surface area contributed by atoms with Crippen molar-refractivity contribution >= 4 is 28.9 Å². The van der Waals surface area contributed by atoms with E-state index in [0.29, 0.717) is 22.6 Å². The van der Waals surface area contributed by atoms with Crippen LogP contribution < -0.4 is 0 Å². The quantitative estimate of drug-likeness (QED) is 0.408. The molecule has 0 aromatic heterocycles. The molecular weight excluding hydrogens is 412 g/mol. The molecule has 1 aliphatic rings. The summed E-state index contributed by atoms with van der Waals surface area (Å²) in [4.78, 5) is 25.7. The van der Waals surface area contributed by atoms with E-state index in [0.717, 1.165) is 16.7 Å². The van der Waals surface area contributed by atoms with Gasteiger partial charge in [-0.3, -0.25) is 4.79 Å². The molecule has 0 saturated heterocycles. The van der Waals surface area contributed by atoms with E-state index in [4.69, 9.17) is 21.1 Å². The van der Waals surface area contributed by atoms with Crippen LogP contribution in [0.5, 0.6) is 0 Å². The van der Waals surface area contributed by atoms with Gasteiger partial charge >= 0.3 is 5.97 Å². The number of halogens is 1. The fraction of sp³-hybridized carbons (Fsp3) is 0.231. The average Bonchev–Trinajstić information content (AvgIpc) is 2.72. The topological polar surface area (TPSA) is 52.6 Å². The third kappa shape index (κ3) is 4.64. The Labute approximate surface area is 187 Å². The monoisotopic (exact) mass is 436 g/mol. The standard InChI is InChI=1S/C26H25ClO4/c1-6-8-22(28)30-24-16(3)31-26(4,5)25(29)23(24)21-15-19(10-9-17(21)7-2)18-11-13-20(27)14-12-18/h6,8-15H,3,7H2,1-2,4-5H3/b8-6+. The maximum atomic E-state index is 13.5. The Hall–Kier alpha value is -3.11. The lowest BCUT2D eigenvalue weighted by atomic mass is 9.84. The van der Waals surface area contributed by atoms with E-state index >= 15 is 0 Å². The fourth-order valence-electron chi connectivity index (χ4n) is 3.51. The van der Waals surface area contributed by atoms with Crippen molar-refractivity contribution in [1.82, 2.24) is 0 Å². The minimum atomic E-state index is -1.13. The highest BCUT2D eigenvalue weighted by Gasteiger charge is 2.42. The normalized spacial score (nSPS) is 15.9. The first-order valence-electron chi connectivity index (χ1n) is 10.1. The van der Waals surface area contributed by atoms with E-state index in [1.165, 1.54) is 6.08 Å². The molecule has 1 heterocycles. The van der Waals surface area contributed by atoms with Crippen LogP contribution in [0, 0.1) is 0 Å². The van der Waals surface area contributed by atoms with Gasteiger partial charge in [0, 0.05) is 11.1 Å². The van der Waals surface area contributed by atoms with Crippen molar-refractivity contribution < 1.29 is 19.1 Å². The van der Waals surface area contributed by atoms with Gasteiger partial charge in [-0.1, -0.05) is 55.4 Å². The van der Waals surface area contributed by atoms with Crippen LogP contribution in [0.15, 0.2) is 72.7 Å². The zero-order valence-corrected chi connectivity index (χ0v) is 18.9. The minimum absolute atomic E-state index is 0.0513. The Balaban J connectivity index is 2.26. The second-order valence-electron chi connectivity index (χ2n) is 7.72. The molecule has 31 heavy (non-hydrogen) atoms. The maximum Gasteiger partial charge on any atom is 0.335 e. The number of carbonyl (C=O) groups is 2. The zero-order valence-electron chi connectivity index (χ0n) is 18.1. The van der Waals surface area contributed by atoms with Gasteiger partial charge in [0.15, 0.2) is 17.1 Å². The molecule has 5 heteroatoms. The van der Waals surface area contributed by atoms with Gasteiger partial charge in [0.25, 0.3) is 0 Å². The molecular formula is C26H25ClO4. The Morgan fingerprint density at radius 1 is 1.16 bits per heavy atom. The van der Waals surface area contributed by atoms with Gasteiger partial charge in [0.1, 0.15) is 0 Å². The molecule has 3 rings (SSSR count). The molecule has 2 aromatic rings. The molecule has 0 atom stereocenters. The van der Waals surface area contributed by atoms with Crippen LogP contribution >= 0.6 is 11.6 Å². The molecule has 0 spiro atoms. The molecule has 160 valence electrons. The van der Waals surface area contributed by atoms with Crippen molar-refractivity contribution in [3.63, 3.8) is 0 Å². The van der Waals surface area contributed by atoms with Gasteiger partial charge in [-0.05, 0) is 67.6 Å². The van der Waals surface area contributed by atoms with E-state index in [1.807, 2.05) is 49.4 Å². The fourth-order valence-corrected chi connectivity index (χ4v) is 3.63. The lowest BCUT2D eigenvalue weighted by Crippen LogP contribution is -2.40. The Morgan fingerprint density at radius 3 is 2.42 bits per heavy atom. The van der Waals surface area contributed by atoms with Gasteiger partial charge in [-0.15, -0.1) is 0 Å². The van der Waals surface area contributed by atoms with Crippen molar-refractivity contribution in [1.29, 1.82) is 0 Å². The summed E-state index contributed by atoms with van der Waals surface area (Å²) in [6, 6.07) is 13.4. The zero-order chi connectivity index (χ0) is 22.8. The summed E-state index contributed by atoms with van der Waals surface area (Å²) in [5, 5.41) is 0.646. The van der Waals surface area contributed by atoms with Crippen LogP contribution in [0.2, 0.25) is 5.02 Å². The first-order chi connectivity index (χ1) is 14.7. The lowest BCUT2D eigenvalue weighted by Gasteiger charge is -2.34. The van der Waals surface area contributed by atoms with Crippen molar-refractivity contribution in [2.45, 2.75) is 39.7 Å². The van der Waals surface area contributed by atoms with Crippen molar-refractivity contribution in [3.8, 4) is 11.1 Å². The number of carbonyl (C=O) groups excluding carboxylic acids is 2. The third-order valence-electron chi connectivity index (χ3n) is 5.08. The van der Waals surface area contributed by atoms with E-state index in [9.17, 15) is 9.59 Å². The number of hydrogen-bond acceptors (Lipinski definition) is 4. The average molecular weight is 437 g/mol. The molecule has 0 bridgehead atoms. The van der Waals surface area contributed by atoms with Crippen LogP contribution in [-0.4, -0.2) is 17.4 Å². The van der Waals surface area contributed by atoms with Crippen LogP contribution in [0.25, 0.3) is 16.7 Å². The highest BCUT2D eigenvalue weighted by Crippen LogP contribution is 2.40. The van der Waals surface area contributed by atoms with E-state index < -0.39 is 11.6 Å². The molecule has 1 aliphatic heterocycles. The maximum absolute atomic E-state index is 13.5. The predicted molar refractivity (Wildman–Crippen MR) is 123 cm³/mol. The van der Waals surface area contributed by atoms with Gasteiger partial charge in [0.05, 0.1) is 5.57 Å². The van der Waals surface area contributed by atoms with Crippen LogP contribution in [0.3, 0.4) is 0 Å². The second-order valence-corrected chi connectivity index (χ2v) is 8.16. The highest BCUT2D eigenvalue weighted by molar-refractivity contribution is 6.30. The third-order valence-corrected chi connectivity index (χ3v) is 5.33. The number of Topliss-reactive ketones (excluding diaryl/α,β-unsaturated/α-hetero) is 1. The predicted octanol–water partition coefficient (Wildman–Crippen LogP) is 6.29. The van der Waals surface area contributed by atoms with E-state index in [2.05, 4.69) is 6.58 Å². The van der Waals surface area contributed by atoms with Crippen LogP contribution in [-0.2, 0) is 25.5 Å². The van der Waals surface area contributed by atoms with Gasteiger partial charge in [-0.2, -0.15) is 0 Å². The first-order valence-corrected chi connectivity index (χ1v) is 10.5. The number of ether oxygens (including phenoxy) is 2. The molecule has 0 fully saturated rings. The largest absolute Gasteiger partial charge is 0.476 e. The highest BCUT2D eigenvalue weighted by atomic mass is 35.5. The smallest absolute Gasteiger partial charge is 0.335 e. The molecule has 0 N–H and O–H groups in total. The number of aryl methyl sites for hydroxylation is 1. The van der Waals surface area contributed by atoms with Gasteiger partial charge in [0.2, 0.25) is 5.78 Å². The van der Waals surface area contributed by atoms with Crippen molar-refractivity contribution in [2.75, 3.05) is 0 Å². The second kappa shape index (κ2) is 8.94. The molecule has 2 aromatic carbocycles. The summed E-state index contributed by atoms with van der Waals surface area (Å²) in [6.07, 6.45) is 3.54. The minimum Gasteiger partial charge on any atom is -0.476 e. The van der Waals surface area contributed by atoms with Gasteiger partial charge < -0.3 is 9.47 Å². The molecule has 0 unspecified atom stereocenters. The summed E-state index contributed by atoms with van der Waals surface area (Å²) >= 11 is 6.03. The summed E-state index contributed by atoms with van der Waals surface area (Å²) < 4.78 is 11.2. The molecule has 0 radical (unpaired) electrons. The lowest BCUT2D eigenvalue weighted by molar-refractivity contribution is -0.137. The Morgan fingerprint density at radius 2 is 1.81 bits per heavy atom. The van der Waals surface area contributed by atoms with Crippen molar-refractivity contribution in [3.05, 3.63) is 88.9 Å². The van der Waals surface area contributed by atoms with E-state index in [-0.39, 0.29) is 17.3 Å². The Bertz CT molecular complexity index is 1100. The number of benzene rings is 2. The molecule has 4 nitrogen and oxygen atoms in total. The summed E-state index contributed by atoms with van der Waals surface area (Å²) in [5.41, 5.74) is 2.68. The van der Waals surface area contributed by atoms with Crippen molar-refractivity contribution in [2.24, 2.45) is 0 Å². The number of ketones is 1. The molecule has 0 aliphatic carbocycles. The SMILES string of the molecule is C=C1OC(C)(C)C(=O)C(c2cc(-c3ccc(Cl)cc3)ccc2CC)=C1OC(=O)/C=C/C. The number of allylic oxidation sites excluding steroid dienone is 1. The van der Waals surface area contributed by atoms with Gasteiger partial charge in [-0.25, -0.2) is 4.79 Å². The van der Waals surface area contributed by atoms with Crippen LogP contribution in [0.4, 0.5) is 0 Å². The number of hydrogen-bond donors (Lipinski definition) is 0. The number of rotatable bonds is 5. The molecule has 0 amide bonds. The summed E-state index contributed by atoms with van der Waals surface area (Å²) in [5.74, 6) is -0.669. The molecule has 0 saturated carbocycles. The van der Waals surface area contributed by atoms with Crippen LogP contribution in [0.1, 0.15) is 38.8 Å². The Kier molecular flexibility index (Phi) is 6.51. The summed E-state index contributed by atoms with van der Waals surface area (Å²) in [6.45, 7) is 11.0. The summed E-state index contributed by atoms with van der Waals surface area (Å²) in [7, 11) is 0. The van der Waals surface area contributed by atoms with E-state index in [1.54, 1.807) is 26.8 Å². The number of esters is 1.